The number of amides is 1. The van der Waals surface area contributed by atoms with Gasteiger partial charge in [-0.3, -0.25) is 4.79 Å². The van der Waals surface area contributed by atoms with Crippen molar-refractivity contribution < 1.29 is 18.7 Å². The topological polar surface area (TPSA) is 52.6 Å². The average Bonchev–Trinajstić information content (AvgIpc) is 2.34. The van der Waals surface area contributed by atoms with Crippen LogP contribution in [0, 0.1) is 11.6 Å². The van der Waals surface area contributed by atoms with E-state index in [1.165, 1.54) is 13.0 Å². The lowest BCUT2D eigenvalue weighted by atomic mass is 9.98. The number of hydrogen-bond acceptors (Lipinski definition) is 3. The molecule has 1 rings (SSSR count). The van der Waals surface area contributed by atoms with Crippen LogP contribution in [0.3, 0.4) is 0 Å². The molecule has 0 radical (unpaired) electrons. The van der Waals surface area contributed by atoms with Crippen LogP contribution in [0.25, 0.3) is 0 Å². The first-order valence-electron chi connectivity index (χ1n) is 6.73. The van der Waals surface area contributed by atoms with Gasteiger partial charge in [-0.1, -0.05) is 6.07 Å². The first-order valence-corrected chi connectivity index (χ1v) is 6.73. The van der Waals surface area contributed by atoms with E-state index in [2.05, 4.69) is 5.32 Å². The summed E-state index contributed by atoms with van der Waals surface area (Å²) in [6.07, 6.45) is 0. The number of rotatable bonds is 6. The Kier molecular flexibility index (Phi) is 5.80. The Labute approximate surface area is 123 Å². The van der Waals surface area contributed by atoms with Crippen LogP contribution in [-0.4, -0.2) is 48.7 Å². The van der Waals surface area contributed by atoms with Crippen molar-refractivity contribution in [3.8, 4) is 0 Å². The number of nitrogens with one attached hydrogen (secondary N) is 1. The van der Waals surface area contributed by atoms with Crippen LogP contribution in [0.4, 0.5) is 8.78 Å². The number of likely N-dealkylation sites (N-methyl/N-ethyl adjacent to an activating group) is 1. The van der Waals surface area contributed by atoms with Gasteiger partial charge in [0.2, 0.25) is 5.91 Å². The fourth-order valence-corrected chi connectivity index (χ4v) is 2.22. The van der Waals surface area contributed by atoms with Gasteiger partial charge in [-0.15, -0.1) is 0 Å². The van der Waals surface area contributed by atoms with Crippen LogP contribution in [0.2, 0.25) is 0 Å². The Morgan fingerprint density at radius 3 is 2.38 bits per heavy atom. The van der Waals surface area contributed by atoms with Crippen LogP contribution in [0.15, 0.2) is 18.2 Å². The largest absolute Gasteiger partial charge is 0.387 e. The molecular weight excluding hydrogens is 278 g/mol. The summed E-state index contributed by atoms with van der Waals surface area (Å²) in [7, 11) is 3.60. The van der Waals surface area contributed by atoms with E-state index in [4.69, 9.17) is 0 Å². The molecule has 21 heavy (non-hydrogen) atoms. The minimum Gasteiger partial charge on any atom is -0.387 e. The summed E-state index contributed by atoms with van der Waals surface area (Å²) in [6.45, 7) is 3.37. The molecule has 0 aliphatic carbocycles. The van der Waals surface area contributed by atoms with E-state index in [9.17, 15) is 18.7 Å². The van der Waals surface area contributed by atoms with Crippen molar-refractivity contribution >= 4 is 5.91 Å². The van der Waals surface area contributed by atoms with Gasteiger partial charge in [0, 0.05) is 18.7 Å². The van der Waals surface area contributed by atoms with E-state index in [1.807, 2.05) is 0 Å². The Balaban J connectivity index is 2.72. The summed E-state index contributed by atoms with van der Waals surface area (Å²) < 4.78 is 27.3. The molecule has 4 nitrogen and oxygen atoms in total. The first kappa shape index (κ1) is 17.5. The normalized spacial score (nSPS) is 15.6. The number of hydrogen-bond donors (Lipinski definition) is 2. The van der Waals surface area contributed by atoms with Crippen molar-refractivity contribution in [2.75, 3.05) is 27.2 Å². The van der Waals surface area contributed by atoms with Crippen molar-refractivity contribution in [3.05, 3.63) is 35.4 Å². The molecule has 0 saturated carbocycles. The van der Waals surface area contributed by atoms with Crippen molar-refractivity contribution in [1.82, 2.24) is 10.2 Å². The summed E-state index contributed by atoms with van der Waals surface area (Å²) in [5, 5.41) is 12.6. The zero-order chi connectivity index (χ0) is 16.2. The molecule has 0 bridgehead atoms. The summed E-state index contributed by atoms with van der Waals surface area (Å²) in [5.41, 5.74) is -1.38. The number of carbonyl (C=O) groups is 1. The quantitative estimate of drug-likeness (QED) is 0.837. The predicted molar refractivity (Wildman–Crippen MR) is 77.0 cm³/mol. The van der Waals surface area contributed by atoms with E-state index < -0.39 is 29.1 Å². The van der Waals surface area contributed by atoms with E-state index in [-0.39, 0.29) is 12.1 Å². The van der Waals surface area contributed by atoms with E-state index in [0.29, 0.717) is 6.54 Å². The number of nitrogens with zero attached hydrogens (tertiary/aromatic N) is 1. The fourth-order valence-electron chi connectivity index (χ4n) is 2.22. The molecule has 2 unspecified atom stereocenters. The molecule has 0 saturated heterocycles. The summed E-state index contributed by atoms with van der Waals surface area (Å²) in [4.78, 5) is 13.8. The maximum absolute atomic E-state index is 13.6. The van der Waals surface area contributed by atoms with Crippen LogP contribution >= 0.6 is 0 Å². The Hall–Kier alpha value is -1.53. The molecule has 0 aliphatic heterocycles. The highest BCUT2D eigenvalue weighted by atomic mass is 19.1. The van der Waals surface area contributed by atoms with Gasteiger partial charge < -0.3 is 15.3 Å². The second-order valence-electron chi connectivity index (χ2n) is 5.81. The van der Waals surface area contributed by atoms with Crippen LogP contribution in [-0.2, 0) is 4.79 Å². The molecule has 0 heterocycles. The molecule has 2 atom stereocenters. The van der Waals surface area contributed by atoms with Gasteiger partial charge in [-0.05, 0) is 40.1 Å². The third-order valence-corrected chi connectivity index (χ3v) is 3.13. The van der Waals surface area contributed by atoms with Crippen LogP contribution < -0.4 is 5.32 Å². The highest BCUT2D eigenvalue weighted by Gasteiger charge is 2.26. The molecule has 1 aromatic carbocycles. The third kappa shape index (κ3) is 5.06. The zero-order valence-electron chi connectivity index (χ0n) is 12.8. The lowest BCUT2D eigenvalue weighted by Crippen LogP contribution is -2.47. The second kappa shape index (κ2) is 6.95. The number of benzene rings is 1. The monoisotopic (exact) mass is 300 g/mol. The van der Waals surface area contributed by atoms with Crippen molar-refractivity contribution in [2.45, 2.75) is 25.4 Å². The summed E-state index contributed by atoms with van der Waals surface area (Å²) in [5.74, 6) is -3.00. The third-order valence-electron chi connectivity index (χ3n) is 3.13. The van der Waals surface area contributed by atoms with Crippen molar-refractivity contribution in [2.24, 2.45) is 0 Å². The SMILES string of the molecule is CC(C(=O)NCC(C)(O)CN(C)C)c1c(F)cccc1F. The average molecular weight is 300 g/mol. The molecule has 0 fully saturated rings. The number of carbonyl (C=O) groups excluding carboxylic acids is 1. The van der Waals surface area contributed by atoms with Crippen molar-refractivity contribution in [1.29, 1.82) is 0 Å². The summed E-state index contributed by atoms with van der Waals surface area (Å²) in [6, 6.07) is 3.48. The molecule has 118 valence electrons. The maximum atomic E-state index is 13.6. The molecule has 6 heteroatoms. The van der Waals surface area contributed by atoms with Gasteiger partial charge in [0.1, 0.15) is 11.6 Å². The molecule has 0 aromatic heterocycles. The van der Waals surface area contributed by atoms with Gasteiger partial charge in [0.25, 0.3) is 0 Å². The molecule has 1 amide bonds. The van der Waals surface area contributed by atoms with Gasteiger partial charge in [-0.2, -0.15) is 0 Å². The van der Waals surface area contributed by atoms with E-state index in [0.717, 1.165) is 12.1 Å². The van der Waals surface area contributed by atoms with Gasteiger partial charge in [-0.25, -0.2) is 8.78 Å². The van der Waals surface area contributed by atoms with E-state index >= 15 is 0 Å². The molecule has 2 N–H and O–H groups in total. The number of halogens is 2. The van der Waals surface area contributed by atoms with E-state index in [1.54, 1.807) is 25.9 Å². The van der Waals surface area contributed by atoms with Gasteiger partial charge in [0.15, 0.2) is 0 Å². The van der Waals surface area contributed by atoms with Crippen LogP contribution in [0.1, 0.15) is 25.3 Å². The minimum atomic E-state index is -1.12. The summed E-state index contributed by atoms with van der Waals surface area (Å²) >= 11 is 0. The van der Waals surface area contributed by atoms with Crippen molar-refractivity contribution in [3.63, 3.8) is 0 Å². The van der Waals surface area contributed by atoms with Gasteiger partial charge >= 0.3 is 0 Å². The molecular formula is C15H22F2N2O2. The molecule has 0 aliphatic rings. The Morgan fingerprint density at radius 2 is 1.90 bits per heavy atom. The fraction of sp³-hybridized carbons (Fsp3) is 0.533. The Bertz CT molecular complexity index is 484. The smallest absolute Gasteiger partial charge is 0.227 e. The number of aliphatic hydroxyl groups is 1. The highest BCUT2D eigenvalue weighted by molar-refractivity contribution is 5.83. The Morgan fingerprint density at radius 1 is 1.38 bits per heavy atom. The predicted octanol–water partition coefficient (Wildman–Crippen LogP) is 1.50. The minimum absolute atomic E-state index is 0.00439. The second-order valence-corrected chi connectivity index (χ2v) is 5.81. The standard InChI is InChI=1S/C15H22F2N2O2/c1-10(13-11(16)6-5-7-12(13)17)14(20)18-8-15(2,21)9-19(3)4/h5-7,10,21H,8-9H2,1-4H3,(H,18,20). The molecule has 1 aromatic rings. The van der Waals surface area contributed by atoms with Gasteiger partial charge in [0.05, 0.1) is 11.5 Å². The highest BCUT2D eigenvalue weighted by Crippen LogP contribution is 2.22. The lowest BCUT2D eigenvalue weighted by Gasteiger charge is -2.27. The maximum Gasteiger partial charge on any atom is 0.227 e. The lowest BCUT2D eigenvalue weighted by molar-refractivity contribution is -0.123. The zero-order valence-corrected chi connectivity index (χ0v) is 12.8. The van der Waals surface area contributed by atoms with Crippen LogP contribution in [0.5, 0.6) is 0 Å². The first-order chi connectivity index (χ1) is 9.64. The molecule has 0 spiro atoms.